The molecular weight excluding hydrogens is 346 g/mol. The summed E-state index contributed by atoms with van der Waals surface area (Å²) in [6.07, 6.45) is 1.43. The average molecular weight is 369 g/mol. The molecule has 1 aromatic rings. The van der Waals surface area contributed by atoms with Gasteiger partial charge in [-0.3, -0.25) is 14.7 Å². The van der Waals surface area contributed by atoms with Crippen LogP contribution in [0.25, 0.3) is 0 Å². The lowest BCUT2D eigenvalue weighted by atomic mass is 10.2. The number of carbonyl (C=O) groups excluding carboxylic acids is 2. The maximum Gasteiger partial charge on any atom is 0.246 e. The van der Waals surface area contributed by atoms with E-state index in [0.29, 0.717) is 50.3 Å². The van der Waals surface area contributed by atoms with Crippen molar-refractivity contribution in [3.63, 3.8) is 0 Å². The monoisotopic (exact) mass is 369 g/mol. The van der Waals surface area contributed by atoms with Crippen LogP contribution >= 0.6 is 0 Å². The Bertz CT molecular complexity index is 768. The minimum atomic E-state index is -3.65. The zero-order valence-corrected chi connectivity index (χ0v) is 15.2. The predicted molar refractivity (Wildman–Crippen MR) is 89.2 cm³/mol. The second-order valence-corrected chi connectivity index (χ2v) is 8.38. The molecule has 0 spiro atoms. The molecule has 25 heavy (non-hydrogen) atoms. The fourth-order valence-corrected chi connectivity index (χ4v) is 5.23. The Morgan fingerprint density at radius 1 is 1.20 bits per heavy atom. The van der Waals surface area contributed by atoms with Crippen molar-refractivity contribution in [1.29, 1.82) is 0 Å². The normalized spacial score (nSPS) is 22.7. The summed E-state index contributed by atoms with van der Waals surface area (Å²) in [4.78, 5) is 25.7. The number of sulfonamides is 1. The first kappa shape index (κ1) is 17.9. The molecule has 3 rings (SSSR count). The molecule has 1 aromatic heterocycles. The molecule has 10 heteroatoms. The van der Waals surface area contributed by atoms with Crippen molar-refractivity contribution in [1.82, 2.24) is 24.7 Å². The summed E-state index contributed by atoms with van der Waals surface area (Å²) in [6, 6.07) is -0.478. The molecule has 138 valence electrons. The van der Waals surface area contributed by atoms with Crippen LogP contribution in [-0.2, 0) is 19.6 Å². The van der Waals surface area contributed by atoms with E-state index in [1.165, 1.54) is 4.31 Å². The van der Waals surface area contributed by atoms with Crippen LogP contribution in [0.1, 0.15) is 30.7 Å². The van der Waals surface area contributed by atoms with E-state index in [1.54, 1.807) is 18.7 Å². The Kier molecular flexibility index (Phi) is 4.83. The lowest BCUT2D eigenvalue weighted by molar-refractivity contribution is -0.134. The number of aryl methyl sites for hydroxylation is 2. The molecule has 0 bridgehead atoms. The van der Waals surface area contributed by atoms with Crippen LogP contribution < -0.4 is 5.32 Å². The van der Waals surface area contributed by atoms with Gasteiger partial charge in [-0.1, -0.05) is 0 Å². The van der Waals surface area contributed by atoms with Crippen molar-refractivity contribution in [2.75, 3.05) is 26.2 Å². The van der Waals surface area contributed by atoms with Gasteiger partial charge in [0.15, 0.2) is 0 Å². The van der Waals surface area contributed by atoms with Crippen LogP contribution in [0.3, 0.4) is 0 Å². The lowest BCUT2D eigenvalue weighted by Crippen LogP contribution is -2.46. The summed E-state index contributed by atoms with van der Waals surface area (Å²) in [5, 5.41) is 9.35. The van der Waals surface area contributed by atoms with Gasteiger partial charge in [0.05, 0.1) is 11.4 Å². The maximum absolute atomic E-state index is 12.9. The van der Waals surface area contributed by atoms with Crippen molar-refractivity contribution < 1.29 is 18.0 Å². The second kappa shape index (κ2) is 6.75. The van der Waals surface area contributed by atoms with Crippen molar-refractivity contribution in [3.05, 3.63) is 11.4 Å². The summed E-state index contributed by atoms with van der Waals surface area (Å²) >= 11 is 0. The van der Waals surface area contributed by atoms with E-state index in [-0.39, 0.29) is 23.3 Å². The van der Waals surface area contributed by atoms with Gasteiger partial charge < -0.3 is 10.2 Å². The van der Waals surface area contributed by atoms with Gasteiger partial charge in [-0.2, -0.15) is 9.40 Å². The molecule has 0 saturated carbocycles. The number of nitrogens with one attached hydrogen (secondary N) is 2. The largest absolute Gasteiger partial charge is 0.344 e. The molecule has 9 nitrogen and oxygen atoms in total. The number of amides is 2. The van der Waals surface area contributed by atoms with Gasteiger partial charge in [0.1, 0.15) is 10.9 Å². The van der Waals surface area contributed by atoms with Gasteiger partial charge in [0, 0.05) is 32.6 Å². The van der Waals surface area contributed by atoms with E-state index >= 15 is 0 Å². The Hall–Kier alpha value is -1.94. The molecule has 0 aromatic carbocycles. The van der Waals surface area contributed by atoms with E-state index in [1.807, 2.05) is 0 Å². The molecule has 1 atom stereocenters. The summed E-state index contributed by atoms with van der Waals surface area (Å²) in [7, 11) is -3.65. The molecule has 2 amide bonds. The summed E-state index contributed by atoms with van der Waals surface area (Å²) in [6.45, 7) is 4.74. The smallest absolute Gasteiger partial charge is 0.246 e. The molecular formula is C15H23N5O4S. The van der Waals surface area contributed by atoms with E-state index in [2.05, 4.69) is 15.5 Å². The van der Waals surface area contributed by atoms with Gasteiger partial charge in [0.2, 0.25) is 21.8 Å². The van der Waals surface area contributed by atoms with Gasteiger partial charge in [-0.05, 0) is 26.7 Å². The Balaban J connectivity index is 1.71. The number of rotatable bonds is 3. The molecule has 1 unspecified atom stereocenters. The molecule has 0 aliphatic carbocycles. The first-order valence-corrected chi connectivity index (χ1v) is 9.84. The highest BCUT2D eigenvalue weighted by atomic mass is 32.2. The summed E-state index contributed by atoms with van der Waals surface area (Å²) in [5.74, 6) is -0.232. The highest BCUT2D eigenvalue weighted by Crippen LogP contribution is 2.23. The zero-order chi connectivity index (χ0) is 18.2. The Labute approximate surface area is 146 Å². The molecule has 2 N–H and O–H groups in total. The molecule has 0 radical (unpaired) electrons. The van der Waals surface area contributed by atoms with Crippen molar-refractivity contribution >= 4 is 21.8 Å². The van der Waals surface area contributed by atoms with Crippen LogP contribution in [-0.4, -0.2) is 71.9 Å². The molecule has 2 fully saturated rings. The third-order valence-corrected chi connectivity index (χ3v) is 6.88. The fraction of sp³-hybridized carbons (Fsp3) is 0.667. The van der Waals surface area contributed by atoms with Gasteiger partial charge >= 0.3 is 0 Å². The quantitative estimate of drug-likeness (QED) is 0.747. The third-order valence-electron chi connectivity index (χ3n) is 4.72. The van der Waals surface area contributed by atoms with Crippen molar-refractivity contribution in [2.45, 2.75) is 44.0 Å². The first-order valence-electron chi connectivity index (χ1n) is 8.40. The molecule has 2 saturated heterocycles. The Morgan fingerprint density at radius 3 is 2.56 bits per heavy atom. The summed E-state index contributed by atoms with van der Waals surface area (Å²) in [5.41, 5.74) is 0.965. The number of hydrogen-bond acceptors (Lipinski definition) is 5. The average Bonchev–Trinajstić information content (AvgIpc) is 3.03. The van der Waals surface area contributed by atoms with E-state index in [0.717, 1.165) is 0 Å². The standard InChI is InChI=1S/C15H23N5O4S/c1-10-14(11(2)18-17-10)25(23,24)20-7-3-6-19(8-9-20)15(22)12-4-5-13(21)16-12/h12H,3-9H2,1-2H3,(H,16,21)(H,17,18). The van der Waals surface area contributed by atoms with E-state index < -0.39 is 16.1 Å². The number of nitrogens with zero attached hydrogens (tertiary/aromatic N) is 3. The topological polar surface area (TPSA) is 115 Å². The van der Waals surface area contributed by atoms with Crippen LogP contribution in [0.2, 0.25) is 0 Å². The minimum Gasteiger partial charge on any atom is -0.344 e. The van der Waals surface area contributed by atoms with Crippen LogP contribution in [0.5, 0.6) is 0 Å². The van der Waals surface area contributed by atoms with E-state index in [9.17, 15) is 18.0 Å². The van der Waals surface area contributed by atoms with Crippen LogP contribution in [0, 0.1) is 13.8 Å². The number of aromatic amines is 1. The highest BCUT2D eigenvalue weighted by Gasteiger charge is 2.35. The minimum absolute atomic E-state index is 0.108. The first-order chi connectivity index (χ1) is 11.8. The molecule has 3 heterocycles. The maximum atomic E-state index is 12.9. The Morgan fingerprint density at radius 2 is 1.96 bits per heavy atom. The van der Waals surface area contributed by atoms with Crippen molar-refractivity contribution in [3.8, 4) is 0 Å². The van der Waals surface area contributed by atoms with Crippen molar-refractivity contribution in [2.24, 2.45) is 0 Å². The predicted octanol–water partition coefficient (Wildman–Crippen LogP) is -0.472. The number of carbonyl (C=O) groups is 2. The molecule has 2 aliphatic heterocycles. The summed E-state index contributed by atoms with van der Waals surface area (Å²) < 4.78 is 27.3. The van der Waals surface area contributed by atoms with Crippen LogP contribution in [0.15, 0.2) is 4.90 Å². The fourth-order valence-electron chi connectivity index (χ4n) is 3.42. The highest BCUT2D eigenvalue weighted by molar-refractivity contribution is 7.89. The molecule has 2 aliphatic rings. The number of hydrogen-bond donors (Lipinski definition) is 2. The van der Waals surface area contributed by atoms with Crippen LogP contribution in [0.4, 0.5) is 0 Å². The van der Waals surface area contributed by atoms with Gasteiger partial charge in [-0.15, -0.1) is 0 Å². The lowest BCUT2D eigenvalue weighted by Gasteiger charge is -2.24. The number of aromatic nitrogens is 2. The van der Waals surface area contributed by atoms with Gasteiger partial charge in [0.25, 0.3) is 0 Å². The van der Waals surface area contributed by atoms with Gasteiger partial charge in [-0.25, -0.2) is 8.42 Å². The van der Waals surface area contributed by atoms with E-state index in [4.69, 9.17) is 0 Å². The SMILES string of the molecule is Cc1n[nH]c(C)c1S(=O)(=O)N1CCCN(C(=O)C2CCC(=O)N2)CC1. The third kappa shape index (κ3) is 3.40. The second-order valence-electron chi connectivity index (χ2n) is 6.50. The number of H-pyrrole nitrogens is 1. The zero-order valence-electron chi connectivity index (χ0n) is 14.4.